The van der Waals surface area contributed by atoms with Crippen LogP contribution in [0.3, 0.4) is 0 Å². The lowest BCUT2D eigenvalue weighted by Crippen LogP contribution is -2.02. The monoisotopic (exact) mass is 234 g/mol. The van der Waals surface area contributed by atoms with Crippen molar-refractivity contribution in [3.8, 4) is 0 Å². The van der Waals surface area contributed by atoms with Gasteiger partial charge in [0, 0.05) is 11.5 Å². The van der Waals surface area contributed by atoms with Crippen molar-refractivity contribution in [1.29, 1.82) is 0 Å². The van der Waals surface area contributed by atoms with Gasteiger partial charge in [0.05, 0.1) is 3.79 Å². The van der Waals surface area contributed by atoms with Crippen LogP contribution in [-0.4, -0.2) is 11.7 Å². The predicted molar refractivity (Wildman–Crippen MR) is 52.0 cm³/mol. The van der Waals surface area contributed by atoms with Gasteiger partial charge >= 0.3 is 0 Å². The van der Waals surface area contributed by atoms with Crippen molar-refractivity contribution in [2.75, 3.05) is 6.61 Å². The highest BCUT2D eigenvalue weighted by Gasteiger charge is 2.03. The maximum absolute atomic E-state index is 8.80. The van der Waals surface area contributed by atoms with Gasteiger partial charge in [0.1, 0.15) is 0 Å². The molecular weight excluding hydrogens is 224 g/mol. The van der Waals surface area contributed by atoms with Crippen LogP contribution in [0.15, 0.2) is 15.9 Å². The molecule has 1 aromatic heterocycles. The predicted octanol–water partition coefficient (Wildman–Crippen LogP) is 2.68. The molecule has 0 amide bonds. The van der Waals surface area contributed by atoms with Gasteiger partial charge in [0.2, 0.25) is 0 Å². The van der Waals surface area contributed by atoms with Crippen molar-refractivity contribution in [2.24, 2.45) is 5.92 Å². The molecule has 0 aliphatic carbocycles. The van der Waals surface area contributed by atoms with Gasteiger partial charge in [0.15, 0.2) is 0 Å². The second-order valence-corrected chi connectivity index (χ2v) is 5.25. The zero-order chi connectivity index (χ0) is 8.27. The first-order chi connectivity index (χ1) is 5.22. The molecule has 1 atom stereocenters. The van der Waals surface area contributed by atoms with Crippen molar-refractivity contribution >= 4 is 27.3 Å². The Morgan fingerprint density at radius 3 is 2.82 bits per heavy atom. The fourth-order valence-electron chi connectivity index (χ4n) is 0.869. The van der Waals surface area contributed by atoms with Crippen LogP contribution in [0.5, 0.6) is 0 Å². The quantitative estimate of drug-likeness (QED) is 0.853. The normalized spacial score (nSPS) is 13.4. The Bertz CT molecular complexity index is 222. The molecule has 0 aliphatic heterocycles. The van der Waals surface area contributed by atoms with E-state index in [1.165, 1.54) is 4.88 Å². The van der Waals surface area contributed by atoms with Crippen LogP contribution < -0.4 is 0 Å². The van der Waals surface area contributed by atoms with E-state index >= 15 is 0 Å². The highest BCUT2D eigenvalue weighted by atomic mass is 79.9. The molecule has 0 aromatic carbocycles. The molecule has 1 aromatic rings. The summed E-state index contributed by atoms with van der Waals surface area (Å²) in [6.45, 7) is 2.32. The maximum atomic E-state index is 8.80. The third-order valence-corrected chi connectivity index (χ3v) is 3.14. The molecule has 11 heavy (non-hydrogen) atoms. The lowest BCUT2D eigenvalue weighted by molar-refractivity contribution is 0.237. The molecule has 0 saturated heterocycles. The van der Waals surface area contributed by atoms with E-state index in [2.05, 4.69) is 22.0 Å². The van der Waals surface area contributed by atoms with Gasteiger partial charge in [-0.3, -0.25) is 0 Å². The summed E-state index contributed by atoms with van der Waals surface area (Å²) in [5, 5.41) is 8.80. The Labute approximate surface area is 79.2 Å². The second-order valence-electron chi connectivity index (χ2n) is 2.70. The van der Waals surface area contributed by atoms with E-state index in [0.29, 0.717) is 5.92 Å². The van der Waals surface area contributed by atoms with Crippen molar-refractivity contribution in [3.63, 3.8) is 0 Å². The summed E-state index contributed by atoms with van der Waals surface area (Å²) in [5.74, 6) is 0.376. The average molecular weight is 235 g/mol. The van der Waals surface area contributed by atoms with Crippen molar-refractivity contribution in [3.05, 3.63) is 20.8 Å². The molecule has 0 spiro atoms. The topological polar surface area (TPSA) is 20.2 Å². The summed E-state index contributed by atoms with van der Waals surface area (Å²) in [7, 11) is 0. The van der Waals surface area contributed by atoms with Gasteiger partial charge in [-0.2, -0.15) is 0 Å². The van der Waals surface area contributed by atoms with E-state index in [4.69, 9.17) is 5.11 Å². The van der Waals surface area contributed by atoms with Crippen LogP contribution in [0.2, 0.25) is 0 Å². The van der Waals surface area contributed by atoms with E-state index in [9.17, 15) is 0 Å². The summed E-state index contributed by atoms with van der Waals surface area (Å²) in [5.41, 5.74) is 0. The smallest absolute Gasteiger partial charge is 0.0701 e. The van der Waals surface area contributed by atoms with Gasteiger partial charge in [-0.15, -0.1) is 11.3 Å². The Morgan fingerprint density at radius 2 is 2.36 bits per heavy atom. The van der Waals surface area contributed by atoms with E-state index in [0.717, 1.165) is 10.2 Å². The van der Waals surface area contributed by atoms with Crippen LogP contribution in [-0.2, 0) is 6.42 Å². The van der Waals surface area contributed by atoms with Crippen molar-refractivity contribution in [2.45, 2.75) is 13.3 Å². The van der Waals surface area contributed by atoms with Crippen molar-refractivity contribution < 1.29 is 5.11 Å². The van der Waals surface area contributed by atoms with Crippen LogP contribution in [0, 0.1) is 5.92 Å². The van der Waals surface area contributed by atoms with Gasteiger partial charge < -0.3 is 5.11 Å². The largest absolute Gasteiger partial charge is 0.396 e. The molecule has 62 valence electrons. The second kappa shape index (κ2) is 4.24. The first-order valence-electron chi connectivity index (χ1n) is 3.57. The van der Waals surface area contributed by atoms with Gasteiger partial charge in [-0.05, 0) is 40.4 Å². The summed E-state index contributed by atoms with van der Waals surface area (Å²) in [6.07, 6.45) is 0.979. The summed E-state index contributed by atoms with van der Waals surface area (Å²) in [4.78, 5) is 1.33. The van der Waals surface area contributed by atoms with E-state index < -0.39 is 0 Å². The fraction of sp³-hybridized carbons (Fsp3) is 0.500. The van der Waals surface area contributed by atoms with E-state index in [-0.39, 0.29) is 6.61 Å². The van der Waals surface area contributed by atoms with E-state index in [1.807, 2.05) is 13.0 Å². The molecule has 1 rings (SSSR count). The lowest BCUT2D eigenvalue weighted by Gasteiger charge is -2.03. The molecule has 0 fully saturated rings. The third kappa shape index (κ3) is 2.93. The number of thiophene rings is 1. The Kier molecular flexibility index (Phi) is 3.55. The van der Waals surface area contributed by atoms with E-state index in [1.54, 1.807) is 11.3 Å². The molecule has 3 heteroatoms. The number of aliphatic hydroxyl groups excluding tert-OH is 1. The SMILES string of the molecule is CC(CO)Cc1ccc(Br)s1. The molecule has 0 bridgehead atoms. The molecule has 1 nitrogen and oxygen atoms in total. The minimum absolute atomic E-state index is 0.273. The summed E-state index contributed by atoms with van der Waals surface area (Å²) < 4.78 is 1.16. The first kappa shape index (κ1) is 9.23. The standard InChI is InChI=1S/C8H11BrOS/c1-6(5-10)4-7-2-3-8(9)11-7/h2-3,6,10H,4-5H2,1H3. The van der Waals surface area contributed by atoms with Gasteiger partial charge in [0.25, 0.3) is 0 Å². The molecule has 0 saturated carbocycles. The number of aliphatic hydroxyl groups is 1. The first-order valence-corrected chi connectivity index (χ1v) is 5.18. The summed E-state index contributed by atoms with van der Waals surface area (Å²) in [6, 6.07) is 4.14. The van der Waals surface area contributed by atoms with Crippen LogP contribution in [0.1, 0.15) is 11.8 Å². The van der Waals surface area contributed by atoms with Gasteiger partial charge in [-0.1, -0.05) is 6.92 Å². The Hall–Kier alpha value is 0.140. The zero-order valence-corrected chi connectivity index (χ0v) is 8.78. The molecular formula is C8H11BrOS. The van der Waals surface area contributed by atoms with Crippen LogP contribution in [0.4, 0.5) is 0 Å². The molecule has 1 heterocycles. The lowest BCUT2D eigenvalue weighted by atomic mass is 10.1. The van der Waals surface area contributed by atoms with Crippen LogP contribution in [0.25, 0.3) is 0 Å². The zero-order valence-electron chi connectivity index (χ0n) is 6.38. The molecule has 1 unspecified atom stereocenters. The fourth-order valence-corrected chi connectivity index (χ4v) is 2.52. The number of rotatable bonds is 3. The Balaban J connectivity index is 2.50. The average Bonchev–Trinajstić information content (AvgIpc) is 2.35. The molecule has 0 aliphatic rings. The highest BCUT2D eigenvalue weighted by molar-refractivity contribution is 9.11. The minimum Gasteiger partial charge on any atom is -0.396 e. The maximum Gasteiger partial charge on any atom is 0.0701 e. The molecule has 1 N–H and O–H groups in total. The Morgan fingerprint density at radius 1 is 1.64 bits per heavy atom. The van der Waals surface area contributed by atoms with Gasteiger partial charge in [-0.25, -0.2) is 0 Å². The highest BCUT2D eigenvalue weighted by Crippen LogP contribution is 2.23. The van der Waals surface area contributed by atoms with Crippen molar-refractivity contribution in [1.82, 2.24) is 0 Å². The number of halogens is 1. The minimum atomic E-state index is 0.273. The third-order valence-electron chi connectivity index (χ3n) is 1.49. The number of hydrogen-bond acceptors (Lipinski definition) is 2. The molecule has 0 radical (unpaired) electrons. The number of hydrogen-bond donors (Lipinski definition) is 1. The van der Waals surface area contributed by atoms with Crippen LogP contribution >= 0.6 is 27.3 Å². The summed E-state index contributed by atoms with van der Waals surface area (Å²) >= 11 is 5.14.